The lowest BCUT2D eigenvalue weighted by Crippen LogP contribution is -1.91. The summed E-state index contributed by atoms with van der Waals surface area (Å²) < 4.78 is 4.56. The number of rotatable bonds is 4. The van der Waals surface area contributed by atoms with Crippen LogP contribution in [-0.4, -0.2) is 25.1 Å². The number of hydrogen-bond donors (Lipinski definition) is 0. The third-order valence-electron chi connectivity index (χ3n) is 2.70. The standard InChI is InChI=1S/C11H5N5O5S/c17-15(18)6-1-4-9(12-5-6)22-8-3-2-7(16(19)20)10-11(8)14-21-13-10/h1-5H. The Labute approximate surface area is 125 Å². The molecule has 0 aliphatic carbocycles. The zero-order valence-corrected chi connectivity index (χ0v) is 11.4. The summed E-state index contributed by atoms with van der Waals surface area (Å²) in [7, 11) is 0. The minimum atomic E-state index is -0.578. The Morgan fingerprint density at radius 2 is 1.77 bits per heavy atom. The first-order valence-corrected chi connectivity index (χ1v) is 6.56. The fourth-order valence-electron chi connectivity index (χ4n) is 1.71. The predicted octanol–water partition coefficient (Wildman–Crippen LogP) is 2.59. The molecule has 3 aromatic rings. The van der Waals surface area contributed by atoms with E-state index >= 15 is 0 Å². The summed E-state index contributed by atoms with van der Waals surface area (Å²) in [4.78, 5) is 24.8. The van der Waals surface area contributed by atoms with E-state index in [1.165, 1.54) is 24.3 Å². The van der Waals surface area contributed by atoms with E-state index in [1.807, 2.05) is 0 Å². The minimum Gasteiger partial charge on any atom is -0.258 e. The predicted molar refractivity (Wildman–Crippen MR) is 73.5 cm³/mol. The Balaban J connectivity index is 1.97. The molecule has 0 N–H and O–H groups in total. The van der Waals surface area contributed by atoms with Crippen molar-refractivity contribution in [3.05, 3.63) is 50.7 Å². The van der Waals surface area contributed by atoms with Crippen molar-refractivity contribution < 1.29 is 14.5 Å². The highest BCUT2D eigenvalue weighted by Gasteiger charge is 2.20. The van der Waals surface area contributed by atoms with Crippen molar-refractivity contribution in [1.29, 1.82) is 0 Å². The van der Waals surface area contributed by atoms with Crippen LogP contribution in [0.2, 0.25) is 0 Å². The molecule has 0 fully saturated rings. The normalized spacial score (nSPS) is 10.7. The van der Waals surface area contributed by atoms with E-state index < -0.39 is 9.85 Å². The van der Waals surface area contributed by atoms with Crippen molar-refractivity contribution in [3.63, 3.8) is 0 Å². The van der Waals surface area contributed by atoms with E-state index in [2.05, 4.69) is 19.9 Å². The molecule has 10 nitrogen and oxygen atoms in total. The lowest BCUT2D eigenvalue weighted by atomic mass is 10.3. The summed E-state index contributed by atoms with van der Waals surface area (Å²) in [5, 5.41) is 29.1. The van der Waals surface area contributed by atoms with Crippen molar-refractivity contribution in [1.82, 2.24) is 15.3 Å². The number of benzene rings is 1. The lowest BCUT2D eigenvalue weighted by Gasteiger charge is -2.01. The second-order valence-corrected chi connectivity index (χ2v) is 5.08. The van der Waals surface area contributed by atoms with Gasteiger partial charge < -0.3 is 0 Å². The van der Waals surface area contributed by atoms with E-state index in [9.17, 15) is 20.2 Å². The third-order valence-corrected chi connectivity index (χ3v) is 3.70. The molecule has 0 amide bonds. The van der Waals surface area contributed by atoms with Gasteiger partial charge in [0.15, 0.2) is 5.52 Å². The molecule has 0 aliphatic rings. The molecule has 2 aromatic heterocycles. The molecule has 22 heavy (non-hydrogen) atoms. The van der Waals surface area contributed by atoms with E-state index in [4.69, 9.17) is 0 Å². The molecule has 0 aliphatic heterocycles. The molecule has 2 heterocycles. The topological polar surface area (TPSA) is 138 Å². The van der Waals surface area contributed by atoms with E-state index in [0.29, 0.717) is 9.92 Å². The highest BCUT2D eigenvalue weighted by Crippen LogP contribution is 2.35. The number of pyridine rings is 1. The first kappa shape index (κ1) is 13.9. The summed E-state index contributed by atoms with van der Waals surface area (Å²) >= 11 is 1.14. The van der Waals surface area contributed by atoms with Crippen LogP contribution < -0.4 is 0 Å². The molecule has 3 rings (SSSR count). The van der Waals surface area contributed by atoms with Crippen LogP contribution >= 0.6 is 11.8 Å². The summed E-state index contributed by atoms with van der Waals surface area (Å²) in [6.45, 7) is 0. The Morgan fingerprint density at radius 3 is 2.41 bits per heavy atom. The van der Waals surface area contributed by atoms with Crippen molar-refractivity contribution in [3.8, 4) is 0 Å². The van der Waals surface area contributed by atoms with E-state index in [1.54, 1.807) is 0 Å². The van der Waals surface area contributed by atoms with E-state index in [0.717, 1.165) is 18.0 Å². The Morgan fingerprint density at radius 1 is 1.00 bits per heavy atom. The lowest BCUT2D eigenvalue weighted by molar-refractivity contribution is -0.385. The van der Waals surface area contributed by atoms with Gasteiger partial charge in [0.1, 0.15) is 11.2 Å². The van der Waals surface area contributed by atoms with Gasteiger partial charge in [0.2, 0.25) is 5.52 Å². The van der Waals surface area contributed by atoms with Crippen LogP contribution in [0.5, 0.6) is 0 Å². The van der Waals surface area contributed by atoms with Gasteiger partial charge in [-0.15, -0.1) is 0 Å². The van der Waals surface area contributed by atoms with Gasteiger partial charge >= 0.3 is 5.69 Å². The second kappa shape index (κ2) is 5.37. The van der Waals surface area contributed by atoms with Crippen molar-refractivity contribution in [2.24, 2.45) is 0 Å². The molecule has 0 radical (unpaired) electrons. The third kappa shape index (κ3) is 2.44. The van der Waals surface area contributed by atoms with Crippen molar-refractivity contribution >= 4 is 34.2 Å². The van der Waals surface area contributed by atoms with Crippen LogP contribution in [0.1, 0.15) is 0 Å². The summed E-state index contributed by atoms with van der Waals surface area (Å²) in [5.74, 6) is 0. The van der Waals surface area contributed by atoms with Gasteiger partial charge in [-0.2, -0.15) is 0 Å². The fourth-order valence-corrected chi connectivity index (χ4v) is 2.55. The smallest absolute Gasteiger partial charge is 0.258 e. The first-order chi connectivity index (χ1) is 10.6. The SMILES string of the molecule is O=[N+]([O-])c1ccc(Sc2ccc([N+](=O)[O-])c3nonc23)nc1. The quantitative estimate of drug-likeness (QED) is 0.524. The van der Waals surface area contributed by atoms with Crippen LogP contribution in [-0.2, 0) is 0 Å². The van der Waals surface area contributed by atoms with Gasteiger partial charge in [0, 0.05) is 17.0 Å². The first-order valence-electron chi connectivity index (χ1n) is 5.74. The number of nitro benzene ring substituents is 1. The zero-order valence-electron chi connectivity index (χ0n) is 10.6. The fraction of sp³-hybridized carbons (Fsp3) is 0. The number of nitro groups is 2. The van der Waals surface area contributed by atoms with E-state index in [-0.39, 0.29) is 22.4 Å². The summed E-state index contributed by atoms with van der Waals surface area (Å²) in [5.41, 5.74) is -0.0603. The molecule has 0 bridgehead atoms. The second-order valence-electron chi connectivity index (χ2n) is 4.02. The molecule has 0 saturated carbocycles. The largest absolute Gasteiger partial charge is 0.300 e. The van der Waals surface area contributed by atoms with Crippen LogP contribution in [0, 0.1) is 20.2 Å². The van der Waals surface area contributed by atoms with Gasteiger partial charge in [-0.25, -0.2) is 9.61 Å². The summed E-state index contributed by atoms with van der Waals surface area (Å²) in [6, 6.07) is 5.58. The Kier molecular flexibility index (Phi) is 3.39. The Hall–Kier alpha value is -3.08. The molecule has 0 spiro atoms. The Bertz CT molecular complexity index is 878. The molecule has 0 saturated heterocycles. The van der Waals surface area contributed by atoms with Crippen LogP contribution in [0.4, 0.5) is 11.4 Å². The average Bonchev–Trinajstić information content (AvgIpc) is 2.97. The number of nitrogens with zero attached hydrogens (tertiary/aromatic N) is 5. The van der Waals surface area contributed by atoms with Crippen LogP contribution in [0.3, 0.4) is 0 Å². The highest BCUT2D eigenvalue weighted by molar-refractivity contribution is 7.99. The highest BCUT2D eigenvalue weighted by atomic mass is 32.2. The number of fused-ring (bicyclic) bond motifs is 1. The maximum absolute atomic E-state index is 10.9. The monoisotopic (exact) mass is 319 g/mol. The molecule has 1 aromatic carbocycles. The van der Waals surface area contributed by atoms with Gasteiger partial charge in [0.05, 0.1) is 9.85 Å². The van der Waals surface area contributed by atoms with Gasteiger partial charge in [-0.1, -0.05) is 11.8 Å². The van der Waals surface area contributed by atoms with Gasteiger partial charge in [-0.05, 0) is 22.4 Å². The molecule has 110 valence electrons. The van der Waals surface area contributed by atoms with Gasteiger partial charge in [-0.3, -0.25) is 20.2 Å². The number of non-ortho nitro benzene ring substituents is 1. The van der Waals surface area contributed by atoms with Crippen LogP contribution in [0.15, 0.2) is 45.0 Å². The van der Waals surface area contributed by atoms with Gasteiger partial charge in [0.25, 0.3) is 5.69 Å². The van der Waals surface area contributed by atoms with Crippen molar-refractivity contribution in [2.75, 3.05) is 0 Å². The molecular formula is C11H5N5O5S. The van der Waals surface area contributed by atoms with Crippen LogP contribution in [0.25, 0.3) is 11.0 Å². The molecular weight excluding hydrogens is 314 g/mol. The number of hydrogen-bond acceptors (Lipinski definition) is 9. The zero-order chi connectivity index (χ0) is 15.7. The minimum absolute atomic E-state index is 0.0388. The maximum atomic E-state index is 10.9. The summed E-state index contributed by atoms with van der Waals surface area (Å²) in [6.07, 6.45) is 1.13. The molecule has 0 atom stereocenters. The number of aromatic nitrogens is 3. The maximum Gasteiger partial charge on any atom is 0.300 e. The average molecular weight is 319 g/mol. The van der Waals surface area contributed by atoms with Crippen molar-refractivity contribution in [2.45, 2.75) is 9.92 Å². The molecule has 11 heteroatoms. The molecule has 0 unspecified atom stereocenters.